The van der Waals surface area contributed by atoms with E-state index in [0.717, 1.165) is 12.8 Å². The fraction of sp³-hybridized carbons (Fsp3) is 0.917. The maximum atomic E-state index is 11.5. The van der Waals surface area contributed by atoms with Crippen molar-refractivity contribution in [3.63, 3.8) is 0 Å². The van der Waals surface area contributed by atoms with Crippen molar-refractivity contribution < 1.29 is 9.53 Å². The van der Waals surface area contributed by atoms with Crippen LogP contribution in [0.15, 0.2) is 0 Å². The molecule has 16 heavy (non-hydrogen) atoms. The molecule has 4 nitrogen and oxygen atoms in total. The van der Waals surface area contributed by atoms with E-state index in [1.54, 1.807) is 7.11 Å². The molecule has 96 valence electrons. The van der Waals surface area contributed by atoms with E-state index < -0.39 is 0 Å². The lowest BCUT2D eigenvalue weighted by Crippen LogP contribution is -2.34. The zero-order valence-electron chi connectivity index (χ0n) is 11.0. The highest BCUT2D eigenvalue weighted by molar-refractivity contribution is 5.76. The number of rotatable bonds is 7. The quantitative estimate of drug-likeness (QED) is 0.648. The van der Waals surface area contributed by atoms with Gasteiger partial charge in [-0.1, -0.05) is 20.8 Å². The van der Waals surface area contributed by atoms with Crippen LogP contribution >= 0.6 is 0 Å². The Morgan fingerprint density at radius 1 is 1.44 bits per heavy atom. The van der Waals surface area contributed by atoms with Crippen molar-refractivity contribution in [2.24, 2.45) is 11.1 Å². The maximum Gasteiger partial charge on any atom is 0.221 e. The van der Waals surface area contributed by atoms with Crippen molar-refractivity contribution in [3.05, 3.63) is 0 Å². The van der Waals surface area contributed by atoms with E-state index in [4.69, 9.17) is 10.5 Å². The van der Waals surface area contributed by atoms with Gasteiger partial charge in [-0.05, 0) is 18.3 Å². The molecule has 0 bridgehead atoms. The molecule has 0 aromatic heterocycles. The minimum absolute atomic E-state index is 0.0350. The van der Waals surface area contributed by atoms with Gasteiger partial charge in [0.1, 0.15) is 0 Å². The molecule has 0 aliphatic carbocycles. The number of nitrogens with one attached hydrogen (secondary N) is 1. The van der Waals surface area contributed by atoms with E-state index in [0.29, 0.717) is 19.6 Å². The topological polar surface area (TPSA) is 64.3 Å². The summed E-state index contributed by atoms with van der Waals surface area (Å²) in [6.45, 7) is 7.72. The van der Waals surface area contributed by atoms with Gasteiger partial charge in [-0.2, -0.15) is 0 Å². The smallest absolute Gasteiger partial charge is 0.221 e. The molecule has 0 rings (SSSR count). The van der Waals surface area contributed by atoms with Crippen LogP contribution in [0.1, 0.15) is 40.0 Å². The van der Waals surface area contributed by atoms with Gasteiger partial charge in [-0.15, -0.1) is 0 Å². The molecule has 3 N–H and O–H groups in total. The minimum atomic E-state index is -0.0533. The van der Waals surface area contributed by atoms with Crippen LogP contribution in [0, 0.1) is 5.41 Å². The van der Waals surface area contributed by atoms with Crippen molar-refractivity contribution in [2.45, 2.75) is 46.1 Å². The Morgan fingerprint density at radius 3 is 2.56 bits per heavy atom. The molecule has 0 aliphatic rings. The Hall–Kier alpha value is -0.610. The maximum absolute atomic E-state index is 11.5. The zero-order chi connectivity index (χ0) is 12.6. The highest BCUT2D eigenvalue weighted by Crippen LogP contribution is 2.20. The molecule has 4 heteroatoms. The molecule has 0 spiro atoms. The average Bonchev–Trinajstić information content (AvgIpc) is 2.09. The Balaban J connectivity index is 3.62. The van der Waals surface area contributed by atoms with E-state index in [-0.39, 0.29) is 17.4 Å². The summed E-state index contributed by atoms with van der Waals surface area (Å²) >= 11 is 0. The molecule has 0 aromatic carbocycles. The summed E-state index contributed by atoms with van der Waals surface area (Å²) in [7, 11) is 1.65. The standard InChI is InChI=1S/C12H26N2O2/c1-12(2,3)9-10(13)8-11(15)14-6-5-7-16-4/h10H,5-9,13H2,1-4H3,(H,14,15). The second-order valence-electron chi connectivity index (χ2n) is 5.43. The fourth-order valence-electron chi connectivity index (χ4n) is 1.61. The van der Waals surface area contributed by atoms with Gasteiger partial charge in [-0.25, -0.2) is 0 Å². The number of amides is 1. The van der Waals surface area contributed by atoms with E-state index in [1.807, 2.05) is 0 Å². The lowest BCUT2D eigenvalue weighted by molar-refractivity contribution is -0.121. The number of ether oxygens (including phenoxy) is 1. The van der Waals surface area contributed by atoms with Gasteiger partial charge >= 0.3 is 0 Å². The van der Waals surface area contributed by atoms with Crippen molar-refractivity contribution in [1.82, 2.24) is 5.32 Å². The first-order valence-electron chi connectivity index (χ1n) is 5.86. The summed E-state index contributed by atoms with van der Waals surface area (Å²) in [5.41, 5.74) is 6.08. The summed E-state index contributed by atoms with van der Waals surface area (Å²) < 4.78 is 4.89. The largest absolute Gasteiger partial charge is 0.385 e. The highest BCUT2D eigenvalue weighted by atomic mass is 16.5. The van der Waals surface area contributed by atoms with Crippen LogP contribution in [0.25, 0.3) is 0 Å². The van der Waals surface area contributed by atoms with Crippen LogP contribution in [0.5, 0.6) is 0 Å². The molecule has 0 aromatic rings. The molecular weight excluding hydrogens is 204 g/mol. The summed E-state index contributed by atoms with van der Waals surface area (Å²) in [5.74, 6) is 0.0350. The van der Waals surface area contributed by atoms with Gasteiger partial charge in [0.15, 0.2) is 0 Å². The highest BCUT2D eigenvalue weighted by Gasteiger charge is 2.17. The summed E-state index contributed by atoms with van der Waals surface area (Å²) in [6, 6.07) is -0.0533. The molecule has 0 saturated heterocycles. The summed E-state index contributed by atoms with van der Waals surface area (Å²) in [5, 5.41) is 2.84. The number of carbonyl (C=O) groups is 1. The molecule has 0 fully saturated rings. The Bertz CT molecular complexity index is 200. The van der Waals surface area contributed by atoms with Crippen molar-refractivity contribution in [1.29, 1.82) is 0 Å². The van der Waals surface area contributed by atoms with Gasteiger partial charge in [0, 0.05) is 32.7 Å². The first-order chi connectivity index (χ1) is 7.35. The predicted octanol–water partition coefficient (Wildman–Crippen LogP) is 1.29. The lowest BCUT2D eigenvalue weighted by Gasteiger charge is -2.22. The van der Waals surface area contributed by atoms with Crippen molar-refractivity contribution in [2.75, 3.05) is 20.3 Å². The second-order valence-corrected chi connectivity index (χ2v) is 5.43. The molecule has 0 aliphatic heterocycles. The predicted molar refractivity (Wildman–Crippen MR) is 66.2 cm³/mol. The van der Waals surface area contributed by atoms with E-state index in [1.165, 1.54) is 0 Å². The Morgan fingerprint density at radius 2 is 2.06 bits per heavy atom. The third kappa shape index (κ3) is 9.93. The SMILES string of the molecule is COCCCNC(=O)CC(N)CC(C)(C)C. The van der Waals surface area contributed by atoms with E-state index in [2.05, 4.69) is 26.1 Å². The van der Waals surface area contributed by atoms with Crippen LogP contribution in [0.4, 0.5) is 0 Å². The monoisotopic (exact) mass is 230 g/mol. The molecule has 1 unspecified atom stereocenters. The van der Waals surface area contributed by atoms with Crippen LogP contribution < -0.4 is 11.1 Å². The number of methoxy groups -OCH3 is 1. The molecular formula is C12H26N2O2. The first-order valence-corrected chi connectivity index (χ1v) is 5.86. The minimum Gasteiger partial charge on any atom is -0.385 e. The fourth-order valence-corrected chi connectivity index (χ4v) is 1.61. The molecule has 1 atom stereocenters. The number of carbonyl (C=O) groups excluding carboxylic acids is 1. The average molecular weight is 230 g/mol. The van der Waals surface area contributed by atoms with E-state index in [9.17, 15) is 4.79 Å². The molecule has 0 saturated carbocycles. The molecule has 0 radical (unpaired) electrons. The first kappa shape index (κ1) is 15.4. The molecule has 1 amide bonds. The van der Waals surface area contributed by atoms with Crippen LogP contribution in [0.3, 0.4) is 0 Å². The second kappa shape index (κ2) is 7.63. The zero-order valence-corrected chi connectivity index (χ0v) is 11.0. The normalized spacial score (nSPS) is 13.6. The van der Waals surface area contributed by atoms with Crippen LogP contribution in [-0.4, -0.2) is 32.2 Å². The van der Waals surface area contributed by atoms with Crippen LogP contribution in [0.2, 0.25) is 0 Å². The Labute approximate surface area is 98.9 Å². The summed E-state index contributed by atoms with van der Waals surface area (Å²) in [6.07, 6.45) is 2.11. The number of hydrogen-bond donors (Lipinski definition) is 2. The Kier molecular flexibility index (Phi) is 7.34. The van der Waals surface area contributed by atoms with Gasteiger partial charge in [-0.3, -0.25) is 4.79 Å². The van der Waals surface area contributed by atoms with Gasteiger partial charge in [0.05, 0.1) is 0 Å². The number of hydrogen-bond acceptors (Lipinski definition) is 3. The molecule has 0 heterocycles. The van der Waals surface area contributed by atoms with Gasteiger partial charge in [0.2, 0.25) is 5.91 Å². The van der Waals surface area contributed by atoms with E-state index >= 15 is 0 Å². The lowest BCUT2D eigenvalue weighted by atomic mass is 9.87. The van der Waals surface area contributed by atoms with Gasteiger partial charge < -0.3 is 15.8 Å². The van der Waals surface area contributed by atoms with Crippen molar-refractivity contribution in [3.8, 4) is 0 Å². The third-order valence-corrected chi connectivity index (χ3v) is 2.17. The number of nitrogens with two attached hydrogens (primary N) is 1. The third-order valence-electron chi connectivity index (χ3n) is 2.17. The van der Waals surface area contributed by atoms with Crippen molar-refractivity contribution >= 4 is 5.91 Å². The summed E-state index contributed by atoms with van der Waals surface area (Å²) in [4.78, 5) is 11.5. The van der Waals surface area contributed by atoms with Gasteiger partial charge in [0.25, 0.3) is 0 Å². The van der Waals surface area contributed by atoms with Crippen LogP contribution in [-0.2, 0) is 9.53 Å².